The van der Waals surface area contributed by atoms with Crippen molar-refractivity contribution in [1.29, 1.82) is 0 Å². The predicted octanol–water partition coefficient (Wildman–Crippen LogP) is 1.14. The molecule has 0 spiro atoms. The molecule has 0 aliphatic heterocycles. The van der Waals surface area contributed by atoms with Gasteiger partial charge in [-0.3, -0.25) is 14.4 Å². The number of esters is 1. The van der Waals surface area contributed by atoms with E-state index in [2.05, 4.69) is 4.74 Å². The molecule has 0 aromatic carbocycles. The van der Waals surface area contributed by atoms with Gasteiger partial charge in [0, 0.05) is 20.0 Å². The molecular weight excluding hydrogens is 250 g/mol. The Labute approximate surface area is 113 Å². The first kappa shape index (κ1) is 17.4. The van der Waals surface area contributed by atoms with E-state index in [1.165, 1.54) is 12.0 Å². The zero-order valence-corrected chi connectivity index (χ0v) is 12.2. The van der Waals surface area contributed by atoms with Crippen LogP contribution < -0.4 is 0 Å². The molecule has 0 heterocycles. The minimum atomic E-state index is -1.10. The summed E-state index contributed by atoms with van der Waals surface area (Å²) in [5.74, 6) is -1.84. The molecule has 1 N–H and O–H groups in total. The third kappa shape index (κ3) is 4.89. The maximum absolute atomic E-state index is 12.0. The SMILES string of the molecule is COC(=O)CCN(C)C(=O)CC(C)(C(=O)O)C(C)C. The summed E-state index contributed by atoms with van der Waals surface area (Å²) in [4.78, 5) is 35.6. The summed E-state index contributed by atoms with van der Waals surface area (Å²) in [5, 5.41) is 9.24. The van der Waals surface area contributed by atoms with E-state index in [4.69, 9.17) is 0 Å². The van der Waals surface area contributed by atoms with E-state index < -0.39 is 17.4 Å². The topological polar surface area (TPSA) is 83.9 Å². The first-order valence-electron chi connectivity index (χ1n) is 6.19. The Hall–Kier alpha value is -1.59. The standard InChI is InChI=1S/C13H23NO5/c1-9(2)13(3,12(17)18)8-10(15)14(4)7-6-11(16)19-5/h9H,6-8H2,1-5H3,(H,17,18). The lowest BCUT2D eigenvalue weighted by atomic mass is 9.76. The molecule has 1 unspecified atom stereocenters. The highest BCUT2D eigenvalue weighted by atomic mass is 16.5. The Morgan fingerprint density at radius 1 is 1.32 bits per heavy atom. The van der Waals surface area contributed by atoms with Gasteiger partial charge in [0.1, 0.15) is 0 Å². The van der Waals surface area contributed by atoms with E-state index >= 15 is 0 Å². The molecule has 0 saturated carbocycles. The van der Waals surface area contributed by atoms with Crippen molar-refractivity contribution in [2.24, 2.45) is 11.3 Å². The van der Waals surface area contributed by atoms with Crippen molar-refractivity contribution in [3.63, 3.8) is 0 Å². The molecule has 0 aromatic rings. The lowest BCUT2D eigenvalue weighted by molar-refractivity contribution is -0.155. The Kier molecular flexibility index (Phi) is 6.52. The van der Waals surface area contributed by atoms with Crippen LogP contribution in [-0.4, -0.2) is 48.6 Å². The molecule has 6 nitrogen and oxygen atoms in total. The predicted molar refractivity (Wildman–Crippen MR) is 69.5 cm³/mol. The lowest BCUT2D eigenvalue weighted by Crippen LogP contribution is -2.40. The highest BCUT2D eigenvalue weighted by Gasteiger charge is 2.39. The molecule has 0 rings (SSSR count). The monoisotopic (exact) mass is 273 g/mol. The van der Waals surface area contributed by atoms with Crippen molar-refractivity contribution >= 4 is 17.8 Å². The molecule has 0 saturated heterocycles. The van der Waals surface area contributed by atoms with Crippen molar-refractivity contribution < 1.29 is 24.2 Å². The quantitative estimate of drug-likeness (QED) is 0.703. The van der Waals surface area contributed by atoms with Crippen LogP contribution in [0.5, 0.6) is 0 Å². The van der Waals surface area contributed by atoms with Crippen LogP contribution in [0.4, 0.5) is 0 Å². The number of carbonyl (C=O) groups is 3. The molecule has 0 aliphatic carbocycles. The Bertz CT molecular complexity index is 353. The second-order valence-electron chi connectivity index (χ2n) is 5.20. The summed E-state index contributed by atoms with van der Waals surface area (Å²) >= 11 is 0. The molecule has 0 radical (unpaired) electrons. The van der Waals surface area contributed by atoms with Crippen molar-refractivity contribution in [3.05, 3.63) is 0 Å². The van der Waals surface area contributed by atoms with Crippen molar-refractivity contribution in [3.8, 4) is 0 Å². The Morgan fingerprint density at radius 3 is 2.21 bits per heavy atom. The van der Waals surface area contributed by atoms with Gasteiger partial charge in [0.25, 0.3) is 0 Å². The van der Waals surface area contributed by atoms with Gasteiger partial charge in [0.15, 0.2) is 0 Å². The summed E-state index contributed by atoms with van der Waals surface area (Å²) < 4.78 is 4.49. The molecule has 0 fully saturated rings. The van der Waals surface area contributed by atoms with Crippen LogP contribution in [0.3, 0.4) is 0 Å². The number of carboxylic acids is 1. The number of ether oxygens (including phenoxy) is 1. The fraction of sp³-hybridized carbons (Fsp3) is 0.769. The third-order valence-electron chi connectivity index (χ3n) is 3.59. The van der Waals surface area contributed by atoms with Crippen LogP contribution in [-0.2, 0) is 19.1 Å². The first-order valence-corrected chi connectivity index (χ1v) is 6.19. The van der Waals surface area contributed by atoms with Gasteiger partial charge in [-0.05, 0) is 12.8 Å². The maximum atomic E-state index is 12.0. The lowest BCUT2D eigenvalue weighted by Gasteiger charge is -2.30. The zero-order valence-electron chi connectivity index (χ0n) is 12.2. The summed E-state index contributed by atoms with van der Waals surface area (Å²) in [6, 6.07) is 0. The number of amides is 1. The molecule has 0 aliphatic rings. The van der Waals surface area contributed by atoms with Crippen LogP contribution in [0.1, 0.15) is 33.6 Å². The largest absolute Gasteiger partial charge is 0.481 e. The second kappa shape index (κ2) is 7.11. The van der Waals surface area contributed by atoms with Gasteiger partial charge >= 0.3 is 11.9 Å². The maximum Gasteiger partial charge on any atom is 0.310 e. The number of hydrogen-bond donors (Lipinski definition) is 1. The fourth-order valence-electron chi connectivity index (χ4n) is 1.46. The second-order valence-corrected chi connectivity index (χ2v) is 5.20. The number of carboxylic acid groups (broad SMARTS) is 1. The number of carbonyl (C=O) groups excluding carboxylic acids is 2. The first-order chi connectivity index (χ1) is 8.65. The van der Waals surface area contributed by atoms with Crippen LogP contribution in [0.2, 0.25) is 0 Å². The van der Waals surface area contributed by atoms with Gasteiger partial charge in [-0.1, -0.05) is 13.8 Å². The van der Waals surface area contributed by atoms with Gasteiger partial charge in [-0.2, -0.15) is 0 Å². The smallest absolute Gasteiger partial charge is 0.310 e. The van der Waals surface area contributed by atoms with Gasteiger partial charge in [0.2, 0.25) is 5.91 Å². The van der Waals surface area contributed by atoms with E-state index in [1.807, 2.05) is 0 Å². The molecule has 6 heteroatoms. The average Bonchev–Trinajstić information content (AvgIpc) is 2.34. The molecule has 1 atom stereocenters. The summed E-state index contributed by atoms with van der Waals surface area (Å²) in [6.45, 7) is 5.33. The molecular formula is C13H23NO5. The molecule has 19 heavy (non-hydrogen) atoms. The highest BCUT2D eigenvalue weighted by Crippen LogP contribution is 2.31. The summed E-state index contributed by atoms with van der Waals surface area (Å²) in [7, 11) is 2.83. The van der Waals surface area contributed by atoms with Crippen LogP contribution in [0.15, 0.2) is 0 Å². The molecule has 0 bridgehead atoms. The van der Waals surface area contributed by atoms with Crippen LogP contribution in [0, 0.1) is 11.3 Å². The van der Waals surface area contributed by atoms with Crippen molar-refractivity contribution in [2.45, 2.75) is 33.6 Å². The van der Waals surface area contributed by atoms with E-state index in [-0.39, 0.29) is 31.2 Å². The van der Waals surface area contributed by atoms with E-state index in [0.29, 0.717) is 0 Å². The number of nitrogens with zero attached hydrogens (tertiary/aromatic N) is 1. The Balaban J connectivity index is 4.58. The Morgan fingerprint density at radius 2 is 1.84 bits per heavy atom. The normalized spacial score (nSPS) is 13.8. The number of rotatable bonds is 7. The molecule has 0 aromatic heterocycles. The van der Waals surface area contributed by atoms with Crippen LogP contribution in [0.25, 0.3) is 0 Å². The van der Waals surface area contributed by atoms with Gasteiger partial charge in [-0.15, -0.1) is 0 Å². The summed E-state index contributed by atoms with van der Waals surface area (Å²) in [5.41, 5.74) is -1.10. The minimum absolute atomic E-state index is 0.0856. The number of aliphatic carboxylic acids is 1. The van der Waals surface area contributed by atoms with Gasteiger partial charge in [-0.25, -0.2) is 0 Å². The van der Waals surface area contributed by atoms with Crippen LogP contribution >= 0.6 is 0 Å². The highest BCUT2D eigenvalue weighted by molar-refractivity contribution is 5.85. The number of methoxy groups -OCH3 is 1. The molecule has 110 valence electrons. The summed E-state index contributed by atoms with van der Waals surface area (Å²) in [6.07, 6.45) is 0.0158. The minimum Gasteiger partial charge on any atom is -0.481 e. The van der Waals surface area contributed by atoms with Crippen molar-refractivity contribution in [2.75, 3.05) is 20.7 Å². The van der Waals surface area contributed by atoms with Gasteiger partial charge in [0.05, 0.1) is 18.9 Å². The van der Waals surface area contributed by atoms with E-state index in [0.717, 1.165) is 0 Å². The third-order valence-corrected chi connectivity index (χ3v) is 3.59. The zero-order chi connectivity index (χ0) is 15.2. The van der Waals surface area contributed by atoms with E-state index in [9.17, 15) is 19.5 Å². The molecule has 1 amide bonds. The fourth-order valence-corrected chi connectivity index (χ4v) is 1.46. The number of hydrogen-bond acceptors (Lipinski definition) is 4. The van der Waals surface area contributed by atoms with Crippen molar-refractivity contribution in [1.82, 2.24) is 4.90 Å². The van der Waals surface area contributed by atoms with E-state index in [1.54, 1.807) is 27.8 Å². The van der Waals surface area contributed by atoms with Gasteiger partial charge < -0.3 is 14.7 Å². The average molecular weight is 273 g/mol.